The zero-order valence-corrected chi connectivity index (χ0v) is 12.3. The van der Waals surface area contributed by atoms with E-state index in [2.05, 4.69) is 12.6 Å². The van der Waals surface area contributed by atoms with Gasteiger partial charge in [-0.05, 0) is 31.5 Å². The third-order valence-electron chi connectivity index (χ3n) is 2.19. The Labute approximate surface area is 118 Å². The summed E-state index contributed by atoms with van der Waals surface area (Å²) in [6, 6.07) is 3.53. The van der Waals surface area contributed by atoms with Gasteiger partial charge in [-0.3, -0.25) is 0 Å². The first-order chi connectivity index (χ1) is 8.08. The molecule has 0 aliphatic carbocycles. The Balaban J connectivity index is 2.84. The lowest BCUT2D eigenvalue weighted by Crippen LogP contribution is -2.20. The van der Waals surface area contributed by atoms with Crippen molar-refractivity contribution < 1.29 is 9.47 Å². The molecule has 0 aromatic heterocycles. The van der Waals surface area contributed by atoms with Crippen molar-refractivity contribution in [1.82, 2.24) is 0 Å². The quantitative estimate of drug-likeness (QED) is 0.625. The zero-order chi connectivity index (χ0) is 12.8. The van der Waals surface area contributed by atoms with Crippen LogP contribution in [0.5, 0.6) is 0 Å². The number of rotatable bonds is 6. The van der Waals surface area contributed by atoms with Gasteiger partial charge in [-0.15, -0.1) is 12.6 Å². The van der Waals surface area contributed by atoms with Gasteiger partial charge >= 0.3 is 0 Å². The fourth-order valence-corrected chi connectivity index (χ4v) is 2.28. The maximum atomic E-state index is 6.16. The van der Waals surface area contributed by atoms with E-state index in [1.807, 2.05) is 19.9 Å². The van der Waals surface area contributed by atoms with E-state index in [0.717, 1.165) is 5.56 Å². The maximum Gasteiger partial charge on any atom is 0.161 e. The van der Waals surface area contributed by atoms with Crippen LogP contribution in [0, 0.1) is 0 Å². The van der Waals surface area contributed by atoms with Gasteiger partial charge in [0.05, 0.1) is 5.02 Å². The first-order valence-corrected chi connectivity index (χ1v) is 6.68. The molecule has 0 spiro atoms. The summed E-state index contributed by atoms with van der Waals surface area (Å²) in [6.45, 7) is 5.04. The summed E-state index contributed by atoms with van der Waals surface area (Å²) in [4.78, 5) is 0.668. The van der Waals surface area contributed by atoms with Crippen molar-refractivity contribution >= 4 is 35.8 Å². The van der Waals surface area contributed by atoms with Gasteiger partial charge in [-0.1, -0.05) is 23.2 Å². The Hall–Kier alpha value is 0.0700. The lowest BCUT2D eigenvalue weighted by atomic mass is 10.1. The highest BCUT2D eigenvalue weighted by Gasteiger charge is 2.14. The lowest BCUT2D eigenvalue weighted by molar-refractivity contribution is -0.134. The van der Waals surface area contributed by atoms with E-state index in [0.29, 0.717) is 34.6 Å². The SMILES string of the molecule is CCOC(Cc1cc(Cl)cc(S)c1Cl)OCC. The van der Waals surface area contributed by atoms with Crippen LogP contribution in [0.3, 0.4) is 0 Å². The molecule has 2 nitrogen and oxygen atoms in total. The molecular weight excluding hydrogens is 279 g/mol. The van der Waals surface area contributed by atoms with Crippen molar-refractivity contribution in [3.63, 3.8) is 0 Å². The molecule has 1 aromatic carbocycles. The van der Waals surface area contributed by atoms with Crippen LogP contribution in [0.2, 0.25) is 10.0 Å². The third-order valence-corrected chi connectivity index (χ3v) is 3.33. The van der Waals surface area contributed by atoms with Gasteiger partial charge in [-0.25, -0.2) is 0 Å². The highest BCUT2D eigenvalue weighted by molar-refractivity contribution is 7.80. The molecule has 5 heteroatoms. The molecule has 0 N–H and O–H groups in total. The van der Waals surface area contributed by atoms with Crippen molar-refractivity contribution in [3.8, 4) is 0 Å². The smallest absolute Gasteiger partial charge is 0.161 e. The third kappa shape index (κ3) is 4.68. The Morgan fingerprint density at radius 1 is 1.18 bits per heavy atom. The standard InChI is InChI=1S/C12H16Cl2O2S/c1-3-15-11(16-4-2)6-8-5-9(13)7-10(17)12(8)14/h5,7,11,17H,3-4,6H2,1-2H3. The maximum absolute atomic E-state index is 6.16. The predicted octanol–water partition coefficient (Wildman–Crippen LogP) is 4.22. The van der Waals surface area contributed by atoms with Crippen LogP contribution < -0.4 is 0 Å². The Bertz CT molecular complexity index is 366. The highest BCUT2D eigenvalue weighted by Crippen LogP contribution is 2.29. The van der Waals surface area contributed by atoms with Crippen LogP contribution in [0.15, 0.2) is 17.0 Å². The van der Waals surface area contributed by atoms with Crippen molar-refractivity contribution in [2.45, 2.75) is 31.5 Å². The minimum atomic E-state index is -0.298. The normalized spacial score (nSPS) is 11.2. The molecule has 0 amide bonds. The number of thiol groups is 1. The molecule has 0 aliphatic heterocycles. The van der Waals surface area contributed by atoms with Crippen LogP contribution in [0.4, 0.5) is 0 Å². The van der Waals surface area contributed by atoms with Crippen LogP contribution in [-0.4, -0.2) is 19.5 Å². The fourth-order valence-electron chi connectivity index (χ4n) is 1.50. The molecule has 1 aromatic rings. The molecule has 96 valence electrons. The second-order valence-electron chi connectivity index (χ2n) is 3.44. The average Bonchev–Trinajstić information content (AvgIpc) is 2.26. The molecule has 0 saturated carbocycles. The lowest BCUT2D eigenvalue weighted by Gasteiger charge is -2.18. The molecule has 0 bridgehead atoms. The minimum Gasteiger partial charge on any atom is -0.353 e. The van der Waals surface area contributed by atoms with Crippen LogP contribution in [-0.2, 0) is 15.9 Å². The van der Waals surface area contributed by atoms with Gasteiger partial charge in [0.15, 0.2) is 6.29 Å². The molecule has 17 heavy (non-hydrogen) atoms. The van der Waals surface area contributed by atoms with Gasteiger partial charge in [0, 0.05) is 29.6 Å². The number of hydrogen-bond donors (Lipinski definition) is 1. The monoisotopic (exact) mass is 294 g/mol. The molecule has 0 radical (unpaired) electrons. The second-order valence-corrected chi connectivity index (χ2v) is 4.74. The predicted molar refractivity (Wildman–Crippen MR) is 74.5 cm³/mol. The number of benzene rings is 1. The Morgan fingerprint density at radius 2 is 1.76 bits per heavy atom. The summed E-state index contributed by atoms with van der Waals surface area (Å²) in [6.07, 6.45) is 0.267. The van der Waals surface area contributed by atoms with Gasteiger partial charge in [0.2, 0.25) is 0 Å². The number of ether oxygens (including phenoxy) is 2. The van der Waals surface area contributed by atoms with Crippen LogP contribution >= 0.6 is 35.8 Å². The largest absolute Gasteiger partial charge is 0.353 e. The topological polar surface area (TPSA) is 18.5 Å². The summed E-state index contributed by atoms with van der Waals surface area (Å²) in [5.74, 6) is 0. The van der Waals surface area contributed by atoms with E-state index in [-0.39, 0.29) is 6.29 Å². The van der Waals surface area contributed by atoms with Gasteiger partial charge in [0.1, 0.15) is 0 Å². The Morgan fingerprint density at radius 3 is 2.29 bits per heavy atom. The fraction of sp³-hybridized carbons (Fsp3) is 0.500. The van der Waals surface area contributed by atoms with Crippen molar-refractivity contribution in [1.29, 1.82) is 0 Å². The summed E-state index contributed by atoms with van der Waals surface area (Å²) >= 11 is 16.4. The molecule has 0 aliphatic rings. The molecule has 0 fully saturated rings. The Kier molecular flexibility index (Phi) is 6.67. The van der Waals surface area contributed by atoms with Crippen LogP contribution in [0.25, 0.3) is 0 Å². The molecule has 0 saturated heterocycles. The van der Waals surface area contributed by atoms with E-state index in [1.54, 1.807) is 6.07 Å². The zero-order valence-electron chi connectivity index (χ0n) is 9.87. The van der Waals surface area contributed by atoms with E-state index < -0.39 is 0 Å². The number of halogens is 2. The summed E-state index contributed by atoms with van der Waals surface area (Å²) in [5.41, 5.74) is 0.885. The summed E-state index contributed by atoms with van der Waals surface area (Å²) in [7, 11) is 0. The van der Waals surface area contributed by atoms with Crippen LogP contribution in [0.1, 0.15) is 19.4 Å². The van der Waals surface area contributed by atoms with Gasteiger partial charge < -0.3 is 9.47 Å². The molecule has 1 rings (SSSR count). The number of hydrogen-bond acceptors (Lipinski definition) is 3. The van der Waals surface area contributed by atoms with Crippen molar-refractivity contribution in [3.05, 3.63) is 27.7 Å². The van der Waals surface area contributed by atoms with Crippen molar-refractivity contribution in [2.75, 3.05) is 13.2 Å². The summed E-state index contributed by atoms with van der Waals surface area (Å²) < 4.78 is 10.9. The molecule has 0 atom stereocenters. The van der Waals surface area contributed by atoms with Gasteiger partial charge in [-0.2, -0.15) is 0 Å². The van der Waals surface area contributed by atoms with E-state index >= 15 is 0 Å². The van der Waals surface area contributed by atoms with Gasteiger partial charge in [0.25, 0.3) is 0 Å². The van der Waals surface area contributed by atoms with E-state index in [4.69, 9.17) is 32.7 Å². The summed E-state index contributed by atoms with van der Waals surface area (Å²) in [5, 5.41) is 1.21. The minimum absolute atomic E-state index is 0.298. The highest BCUT2D eigenvalue weighted by atomic mass is 35.5. The molecular formula is C12H16Cl2O2S. The van der Waals surface area contributed by atoms with E-state index in [1.165, 1.54) is 0 Å². The molecule has 0 heterocycles. The van der Waals surface area contributed by atoms with E-state index in [9.17, 15) is 0 Å². The second kappa shape index (κ2) is 7.49. The average molecular weight is 295 g/mol. The first kappa shape index (κ1) is 15.1. The first-order valence-electron chi connectivity index (χ1n) is 5.48. The van der Waals surface area contributed by atoms with Crippen molar-refractivity contribution in [2.24, 2.45) is 0 Å². The molecule has 0 unspecified atom stereocenters.